The molecule has 3 heteroatoms. The van der Waals surface area contributed by atoms with E-state index >= 15 is 0 Å². The van der Waals surface area contributed by atoms with Crippen molar-refractivity contribution in [2.24, 2.45) is 5.92 Å². The number of anilines is 1. The molecule has 3 nitrogen and oxygen atoms in total. The summed E-state index contributed by atoms with van der Waals surface area (Å²) in [5.41, 5.74) is 14.9. The number of aryl methyl sites for hydroxylation is 2. The zero-order chi connectivity index (χ0) is 44.7. The van der Waals surface area contributed by atoms with Crippen molar-refractivity contribution in [1.82, 2.24) is 9.97 Å². The number of benzene rings is 5. The molecule has 1 aliphatic carbocycles. The number of nitrogens with zero attached hydrogens (tertiary/aromatic N) is 3. The van der Waals surface area contributed by atoms with Crippen LogP contribution in [-0.2, 0) is 25.7 Å². The van der Waals surface area contributed by atoms with Gasteiger partial charge in [-0.15, -0.1) is 13.2 Å². The Balaban J connectivity index is 1.24. The van der Waals surface area contributed by atoms with Crippen LogP contribution in [0, 0.1) is 5.92 Å². The molecule has 1 aromatic heterocycles. The first-order chi connectivity index (χ1) is 31.4. The number of hydrogen-bond donors (Lipinski definition) is 0. The molecule has 6 aromatic rings. The molecule has 2 atom stereocenters. The smallest absolute Gasteiger partial charge is 0.231 e. The third-order valence-corrected chi connectivity index (χ3v) is 12.1. The van der Waals surface area contributed by atoms with Crippen molar-refractivity contribution in [3.8, 4) is 22.4 Å². The highest BCUT2D eigenvalue weighted by molar-refractivity contribution is 5.94. The standard InChI is InChI=1S/C61H61N3/c1-7-11-12-15-28-45(5)59-52(37-24-31-47-29-16-13-17-30-47)44-51(54-39-20-21-40-55(54)59)36-25-34-49(27-8-2)58(10-4)64(46(6)9-3)61-62-57-42-23-22-41-56(57)60(63-61)53-38-26-35-50(43-53)48-32-18-14-19-33-48/h8-20,22-23,25-26,28-30,32-35,38-39,41-44,49,58H,2-7,21,24,27,31,36-37,40H2,1H3/b12-11-,28-15-,34-25-/t49-,58?/m0/s1. The van der Waals surface area contributed by atoms with Crippen LogP contribution >= 0.6 is 0 Å². The third-order valence-electron chi connectivity index (χ3n) is 12.1. The molecular formula is C61H61N3. The molecule has 0 fully saturated rings. The number of aromatic nitrogens is 2. The first kappa shape index (κ1) is 44.9. The number of fused-ring (bicyclic) bond motifs is 2. The van der Waals surface area contributed by atoms with Gasteiger partial charge in [-0.25, -0.2) is 9.97 Å². The molecule has 0 aliphatic heterocycles. The molecule has 1 heterocycles. The lowest BCUT2D eigenvalue weighted by atomic mass is 9.81. The zero-order valence-corrected chi connectivity index (χ0v) is 37.5. The first-order valence-electron chi connectivity index (χ1n) is 22.8. The van der Waals surface area contributed by atoms with Crippen LogP contribution in [0.3, 0.4) is 0 Å². The maximum absolute atomic E-state index is 5.35. The predicted octanol–water partition coefficient (Wildman–Crippen LogP) is 15.7. The van der Waals surface area contributed by atoms with E-state index in [1.54, 1.807) is 6.08 Å². The van der Waals surface area contributed by atoms with Gasteiger partial charge in [0.2, 0.25) is 5.95 Å². The van der Waals surface area contributed by atoms with Gasteiger partial charge < -0.3 is 4.90 Å². The maximum atomic E-state index is 5.35. The fourth-order valence-electron chi connectivity index (χ4n) is 8.93. The number of allylic oxidation sites excluding steroid dienone is 9. The van der Waals surface area contributed by atoms with Crippen molar-refractivity contribution in [1.29, 1.82) is 0 Å². The fourth-order valence-corrected chi connectivity index (χ4v) is 8.93. The number of hydrogen-bond acceptors (Lipinski definition) is 3. The van der Waals surface area contributed by atoms with Gasteiger partial charge in [0.25, 0.3) is 0 Å². The second-order valence-electron chi connectivity index (χ2n) is 16.4. The van der Waals surface area contributed by atoms with Gasteiger partial charge in [0.05, 0.1) is 17.3 Å². The summed E-state index contributed by atoms with van der Waals surface area (Å²) in [5, 5.41) is 0.981. The van der Waals surface area contributed by atoms with Crippen LogP contribution in [0.2, 0.25) is 0 Å². The second-order valence-corrected chi connectivity index (χ2v) is 16.4. The molecule has 0 saturated heterocycles. The molecule has 320 valence electrons. The van der Waals surface area contributed by atoms with E-state index in [1.165, 1.54) is 33.4 Å². The summed E-state index contributed by atoms with van der Waals surface area (Å²) < 4.78 is 0. The lowest BCUT2D eigenvalue weighted by Crippen LogP contribution is -2.38. The van der Waals surface area contributed by atoms with Crippen LogP contribution in [0.5, 0.6) is 0 Å². The summed E-state index contributed by atoms with van der Waals surface area (Å²) >= 11 is 0. The van der Waals surface area contributed by atoms with Crippen LogP contribution in [-0.4, -0.2) is 16.0 Å². The third kappa shape index (κ3) is 10.7. The zero-order valence-electron chi connectivity index (χ0n) is 37.5. The molecule has 0 bridgehead atoms. The Kier molecular flexibility index (Phi) is 15.7. The van der Waals surface area contributed by atoms with E-state index in [2.05, 4.69) is 190 Å². The molecule has 0 radical (unpaired) electrons. The van der Waals surface area contributed by atoms with Gasteiger partial charge in [-0.3, -0.25) is 0 Å². The molecule has 1 unspecified atom stereocenters. The Morgan fingerprint density at radius 2 is 1.52 bits per heavy atom. The van der Waals surface area contributed by atoms with Crippen molar-refractivity contribution < 1.29 is 0 Å². The van der Waals surface area contributed by atoms with Gasteiger partial charge in [-0.05, 0) is 120 Å². The van der Waals surface area contributed by atoms with Crippen molar-refractivity contribution >= 4 is 28.5 Å². The Hall–Kier alpha value is -7.10. The summed E-state index contributed by atoms with van der Waals surface area (Å²) in [6.45, 7) is 24.0. The van der Waals surface area contributed by atoms with Gasteiger partial charge >= 0.3 is 0 Å². The van der Waals surface area contributed by atoms with E-state index < -0.39 is 0 Å². The van der Waals surface area contributed by atoms with E-state index in [-0.39, 0.29) is 12.0 Å². The predicted molar refractivity (Wildman–Crippen MR) is 277 cm³/mol. The van der Waals surface area contributed by atoms with E-state index in [1.807, 2.05) is 30.4 Å². The lowest BCUT2D eigenvalue weighted by Gasteiger charge is -2.34. The molecule has 7 rings (SSSR count). The van der Waals surface area contributed by atoms with Crippen LogP contribution in [0.25, 0.3) is 44.9 Å². The van der Waals surface area contributed by atoms with Crippen LogP contribution in [0.1, 0.15) is 66.0 Å². The Labute approximate surface area is 382 Å². The number of rotatable bonds is 21. The fraction of sp³-hybridized carbons (Fsp3) is 0.180. The monoisotopic (exact) mass is 835 g/mol. The topological polar surface area (TPSA) is 29.0 Å². The lowest BCUT2D eigenvalue weighted by molar-refractivity contribution is 0.557. The molecular weight excluding hydrogens is 775 g/mol. The largest absolute Gasteiger partial charge is 0.304 e. The van der Waals surface area contributed by atoms with E-state index in [9.17, 15) is 0 Å². The summed E-state index contributed by atoms with van der Waals surface area (Å²) in [7, 11) is 0. The Morgan fingerprint density at radius 1 is 0.766 bits per heavy atom. The molecule has 5 aromatic carbocycles. The highest BCUT2D eigenvalue weighted by atomic mass is 15.3. The molecule has 0 saturated carbocycles. The minimum Gasteiger partial charge on any atom is -0.304 e. The number of para-hydroxylation sites is 1. The van der Waals surface area contributed by atoms with Crippen LogP contribution < -0.4 is 4.90 Å². The first-order valence-corrected chi connectivity index (χ1v) is 22.8. The molecule has 64 heavy (non-hydrogen) atoms. The van der Waals surface area contributed by atoms with Crippen molar-refractivity contribution in [3.05, 3.63) is 248 Å². The minimum atomic E-state index is -0.244. The second kappa shape index (κ2) is 22.3. The Morgan fingerprint density at radius 3 is 2.28 bits per heavy atom. The van der Waals surface area contributed by atoms with Crippen LogP contribution in [0.15, 0.2) is 215 Å². The quantitative estimate of drug-likeness (QED) is 0.0534. The average Bonchev–Trinajstić information content (AvgIpc) is 3.34. The normalized spacial score (nSPS) is 13.3. The van der Waals surface area contributed by atoms with Gasteiger partial charge in [0, 0.05) is 22.6 Å². The summed E-state index contributed by atoms with van der Waals surface area (Å²) in [6, 6.07) is 40.3. The van der Waals surface area contributed by atoms with Gasteiger partial charge in [-0.1, -0.05) is 191 Å². The summed E-state index contributed by atoms with van der Waals surface area (Å²) in [6.07, 6.45) is 31.3. The van der Waals surface area contributed by atoms with Crippen molar-refractivity contribution in [2.75, 3.05) is 4.90 Å². The Bertz CT molecular complexity index is 2730. The highest BCUT2D eigenvalue weighted by Crippen LogP contribution is 2.37. The van der Waals surface area contributed by atoms with Crippen LogP contribution in [0.4, 0.5) is 5.95 Å². The van der Waals surface area contributed by atoms with Gasteiger partial charge in [-0.2, -0.15) is 0 Å². The molecule has 0 N–H and O–H groups in total. The van der Waals surface area contributed by atoms with Crippen molar-refractivity contribution in [3.63, 3.8) is 0 Å². The summed E-state index contributed by atoms with van der Waals surface area (Å²) in [5.74, 6) is 0.536. The molecule has 0 amide bonds. The molecule has 0 spiro atoms. The van der Waals surface area contributed by atoms with E-state index in [0.29, 0.717) is 18.1 Å². The SMILES string of the molecule is C=CC[C@@H](/C=C\Cc1cc(CCCc2ccccc2)c(C(=C)/C=C\C=C/CC)c2c1C=CCC2)C(C=C)N(C(=C)C=C)c1nc(-c2cccc(-c3ccccc3)c2)c2ccccc2n1. The highest BCUT2D eigenvalue weighted by Gasteiger charge is 2.28. The van der Waals surface area contributed by atoms with Crippen molar-refractivity contribution in [2.45, 2.75) is 64.3 Å². The van der Waals surface area contributed by atoms with E-state index in [0.717, 1.165) is 83.8 Å². The maximum Gasteiger partial charge on any atom is 0.231 e. The minimum absolute atomic E-state index is 0.0105. The molecule has 1 aliphatic rings. The summed E-state index contributed by atoms with van der Waals surface area (Å²) in [4.78, 5) is 12.6. The van der Waals surface area contributed by atoms with Gasteiger partial charge in [0.15, 0.2) is 0 Å². The van der Waals surface area contributed by atoms with Gasteiger partial charge in [0.1, 0.15) is 0 Å². The van der Waals surface area contributed by atoms with E-state index in [4.69, 9.17) is 9.97 Å². The average molecular weight is 836 g/mol.